The number of rotatable bonds is 8. The average molecular weight is 510 g/mol. The molecule has 0 saturated carbocycles. The average Bonchev–Trinajstić information content (AvgIpc) is 3.19. The fraction of sp³-hybridized carbons (Fsp3) is 0.481. The van der Waals surface area contributed by atoms with Crippen LogP contribution >= 0.6 is 11.8 Å². The number of urea groups is 1. The van der Waals surface area contributed by atoms with E-state index in [2.05, 4.69) is 41.6 Å². The van der Waals surface area contributed by atoms with Gasteiger partial charge in [0.05, 0.1) is 5.25 Å². The minimum absolute atomic E-state index is 0.00534. The molecule has 192 valence electrons. The fourth-order valence-electron chi connectivity index (χ4n) is 4.56. The van der Waals surface area contributed by atoms with Gasteiger partial charge in [0, 0.05) is 38.3 Å². The smallest absolute Gasteiger partial charge is 0.320 e. The molecule has 1 aromatic carbocycles. The van der Waals surface area contributed by atoms with Crippen LogP contribution in [-0.2, 0) is 9.59 Å². The molecule has 0 aliphatic carbocycles. The molecule has 2 fully saturated rings. The van der Waals surface area contributed by atoms with Crippen molar-refractivity contribution in [2.75, 3.05) is 25.0 Å². The summed E-state index contributed by atoms with van der Waals surface area (Å²) in [4.78, 5) is 46.6. The molecule has 2 atom stereocenters. The van der Waals surface area contributed by atoms with E-state index >= 15 is 0 Å². The predicted molar refractivity (Wildman–Crippen MR) is 142 cm³/mol. The summed E-state index contributed by atoms with van der Waals surface area (Å²) in [5.74, 6) is 1.07. The molecule has 9 heteroatoms. The van der Waals surface area contributed by atoms with Crippen LogP contribution in [-0.4, -0.2) is 63.6 Å². The summed E-state index contributed by atoms with van der Waals surface area (Å²) < 4.78 is 0. The zero-order valence-electron chi connectivity index (χ0n) is 20.9. The molecule has 8 nitrogen and oxygen atoms in total. The first-order valence-electron chi connectivity index (χ1n) is 12.7. The Morgan fingerprint density at radius 2 is 1.81 bits per heavy atom. The Bertz CT molecular complexity index is 1030. The second-order valence-corrected chi connectivity index (χ2v) is 11.1. The zero-order valence-corrected chi connectivity index (χ0v) is 21.7. The summed E-state index contributed by atoms with van der Waals surface area (Å²) in [5.41, 5.74) is 1.10. The van der Waals surface area contributed by atoms with Gasteiger partial charge in [0.15, 0.2) is 0 Å². The Kier molecular flexibility index (Phi) is 8.85. The van der Waals surface area contributed by atoms with E-state index in [1.165, 1.54) is 0 Å². The Labute approximate surface area is 217 Å². The Morgan fingerprint density at radius 3 is 2.47 bits per heavy atom. The number of thioether (sulfide) groups is 1. The van der Waals surface area contributed by atoms with Crippen LogP contribution in [0.5, 0.6) is 0 Å². The number of amides is 4. The van der Waals surface area contributed by atoms with E-state index in [1.807, 2.05) is 34.1 Å². The number of hydrogen-bond acceptors (Lipinski definition) is 5. The summed E-state index contributed by atoms with van der Waals surface area (Å²) in [5, 5.41) is 5.28. The lowest BCUT2D eigenvalue weighted by Gasteiger charge is -2.32. The summed E-state index contributed by atoms with van der Waals surface area (Å²) >= 11 is 1.59. The van der Waals surface area contributed by atoms with Gasteiger partial charge < -0.3 is 15.1 Å². The van der Waals surface area contributed by atoms with Crippen LogP contribution in [0.25, 0.3) is 0 Å². The third-order valence-corrected chi connectivity index (χ3v) is 8.10. The molecular formula is C27H35N5O3S. The van der Waals surface area contributed by atoms with E-state index in [4.69, 9.17) is 0 Å². The molecular weight excluding hydrogens is 474 g/mol. The number of pyridine rings is 1. The lowest BCUT2D eigenvalue weighted by Crippen LogP contribution is -2.48. The Morgan fingerprint density at radius 1 is 1.08 bits per heavy atom. The molecule has 0 spiro atoms. The first kappa shape index (κ1) is 26.0. The quantitative estimate of drug-likeness (QED) is 0.554. The van der Waals surface area contributed by atoms with Crippen molar-refractivity contribution in [3.63, 3.8) is 0 Å². The van der Waals surface area contributed by atoms with Crippen LogP contribution in [0, 0.1) is 5.92 Å². The van der Waals surface area contributed by atoms with Gasteiger partial charge in [0.25, 0.3) is 0 Å². The minimum atomic E-state index is -0.366. The highest BCUT2D eigenvalue weighted by molar-refractivity contribution is 8.01. The van der Waals surface area contributed by atoms with Crippen molar-refractivity contribution in [1.29, 1.82) is 0 Å². The van der Waals surface area contributed by atoms with Crippen molar-refractivity contribution < 1.29 is 14.4 Å². The summed E-state index contributed by atoms with van der Waals surface area (Å²) in [6.45, 7) is 6.15. The van der Waals surface area contributed by atoms with Crippen molar-refractivity contribution in [1.82, 2.24) is 20.1 Å². The largest absolute Gasteiger partial charge is 0.342 e. The molecule has 0 radical (unpaired) electrons. The molecule has 3 heterocycles. The topological polar surface area (TPSA) is 94.6 Å². The van der Waals surface area contributed by atoms with Gasteiger partial charge in [-0.1, -0.05) is 50.2 Å². The maximum atomic E-state index is 13.3. The van der Waals surface area contributed by atoms with E-state index in [9.17, 15) is 14.4 Å². The van der Waals surface area contributed by atoms with Gasteiger partial charge in [-0.3, -0.25) is 14.9 Å². The number of hydrogen-bond donors (Lipinski definition) is 2. The monoisotopic (exact) mass is 509 g/mol. The lowest BCUT2D eigenvalue weighted by atomic mass is 10.0. The number of likely N-dealkylation sites (tertiary alicyclic amines) is 1. The molecule has 2 unspecified atom stereocenters. The summed E-state index contributed by atoms with van der Waals surface area (Å²) in [7, 11) is 0. The van der Waals surface area contributed by atoms with Gasteiger partial charge in [-0.15, -0.1) is 11.8 Å². The Hall–Kier alpha value is -3.07. The van der Waals surface area contributed by atoms with Crippen molar-refractivity contribution >= 4 is 35.4 Å². The van der Waals surface area contributed by atoms with E-state index in [-0.39, 0.29) is 40.9 Å². The maximum absolute atomic E-state index is 13.3. The number of piperidine rings is 1. The molecule has 2 N–H and O–H groups in total. The van der Waals surface area contributed by atoms with E-state index in [0.717, 1.165) is 12.0 Å². The molecule has 2 aromatic rings. The molecule has 0 bridgehead atoms. The third-order valence-electron chi connectivity index (χ3n) is 6.62. The number of carbonyl (C=O) groups excluding carboxylic acids is 3. The SMILES string of the molecule is CC(C)CCN1C(=O)C(CC(=O)N2CCC(NC(=O)Nc3ccccn3)CC2)SC1c1ccccc1. The third kappa shape index (κ3) is 6.78. The summed E-state index contributed by atoms with van der Waals surface area (Å²) in [6, 6.07) is 15.1. The van der Waals surface area contributed by atoms with Crippen molar-refractivity contribution in [2.24, 2.45) is 5.92 Å². The number of anilines is 1. The molecule has 36 heavy (non-hydrogen) atoms. The molecule has 2 aliphatic heterocycles. The van der Waals surface area contributed by atoms with Gasteiger partial charge in [-0.25, -0.2) is 9.78 Å². The lowest BCUT2D eigenvalue weighted by molar-refractivity contribution is -0.136. The number of benzene rings is 1. The highest BCUT2D eigenvalue weighted by Crippen LogP contribution is 2.44. The molecule has 2 aliphatic rings. The zero-order chi connectivity index (χ0) is 25.5. The second kappa shape index (κ2) is 12.3. The van der Waals surface area contributed by atoms with E-state index < -0.39 is 0 Å². The normalized spacial score (nSPS) is 20.6. The van der Waals surface area contributed by atoms with Crippen LogP contribution < -0.4 is 10.6 Å². The van der Waals surface area contributed by atoms with Gasteiger partial charge in [-0.05, 0) is 42.9 Å². The number of carbonyl (C=O) groups is 3. The second-order valence-electron chi connectivity index (χ2n) is 9.77. The predicted octanol–water partition coefficient (Wildman–Crippen LogP) is 4.27. The number of aromatic nitrogens is 1. The van der Waals surface area contributed by atoms with Crippen molar-refractivity contribution in [2.45, 2.75) is 56.2 Å². The van der Waals surface area contributed by atoms with Crippen LogP contribution in [0.2, 0.25) is 0 Å². The van der Waals surface area contributed by atoms with Crippen molar-refractivity contribution in [3.8, 4) is 0 Å². The standard InChI is InChI=1S/C27H35N5O3S/c1-19(2)11-17-32-25(34)22(36-26(32)20-8-4-3-5-9-20)18-24(33)31-15-12-21(13-16-31)29-27(35)30-23-10-6-7-14-28-23/h3-10,14,19,21-22,26H,11-13,15-18H2,1-2H3,(H2,28,29,30,35). The molecule has 4 rings (SSSR count). The van der Waals surface area contributed by atoms with Gasteiger partial charge in [0.1, 0.15) is 11.2 Å². The molecule has 2 saturated heterocycles. The minimum Gasteiger partial charge on any atom is -0.342 e. The highest BCUT2D eigenvalue weighted by atomic mass is 32.2. The molecule has 1 aromatic heterocycles. The maximum Gasteiger partial charge on any atom is 0.320 e. The van der Waals surface area contributed by atoms with Crippen LogP contribution in [0.15, 0.2) is 54.7 Å². The fourth-order valence-corrected chi connectivity index (χ4v) is 6.03. The van der Waals surface area contributed by atoms with E-state index in [1.54, 1.807) is 30.1 Å². The van der Waals surface area contributed by atoms with Gasteiger partial charge >= 0.3 is 6.03 Å². The van der Waals surface area contributed by atoms with Gasteiger partial charge in [-0.2, -0.15) is 0 Å². The molecule has 4 amide bonds. The highest BCUT2D eigenvalue weighted by Gasteiger charge is 2.42. The van der Waals surface area contributed by atoms with Crippen LogP contribution in [0.1, 0.15) is 50.5 Å². The Balaban J connectivity index is 1.29. The first-order valence-corrected chi connectivity index (χ1v) is 13.6. The van der Waals surface area contributed by atoms with Crippen molar-refractivity contribution in [3.05, 3.63) is 60.3 Å². The van der Waals surface area contributed by atoms with Crippen LogP contribution in [0.3, 0.4) is 0 Å². The first-order chi connectivity index (χ1) is 17.4. The van der Waals surface area contributed by atoms with Gasteiger partial charge in [0.2, 0.25) is 11.8 Å². The number of nitrogens with one attached hydrogen (secondary N) is 2. The summed E-state index contributed by atoms with van der Waals surface area (Å²) in [6.07, 6.45) is 4.13. The van der Waals surface area contributed by atoms with E-state index in [0.29, 0.717) is 44.2 Å². The van der Waals surface area contributed by atoms with Crippen LogP contribution in [0.4, 0.5) is 10.6 Å². The number of nitrogens with zero attached hydrogens (tertiary/aromatic N) is 3.